The summed E-state index contributed by atoms with van der Waals surface area (Å²) in [6.45, 7) is 12.0. The number of anilines is 1. The van der Waals surface area contributed by atoms with Crippen molar-refractivity contribution in [3.8, 4) is 0 Å². The lowest BCUT2D eigenvalue weighted by atomic mass is 9.97. The molecule has 1 amide bonds. The van der Waals surface area contributed by atoms with Crippen LogP contribution in [0.1, 0.15) is 43.0 Å². The van der Waals surface area contributed by atoms with Gasteiger partial charge in [-0.25, -0.2) is 4.79 Å². The van der Waals surface area contributed by atoms with Crippen LogP contribution in [0.5, 0.6) is 0 Å². The molecule has 112 valence electrons. The highest BCUT2D eigenvalue weighted by Gasteiger charge is 2.20. The van der Waals surface area contributed by atoms with E-state index in [-0.39, 0.29) is 0 Å². The minimum atomic E-state index is -0.513. The molecule has 0 saturated carbocycles. The van der Waals surface area contributed by atoms with Crippen molar-refractivity contribution in [1.29, 1.82) is 0 Å². The molecule has 0 radical (unpaired) electrons. The molecule has 0 unspecified atom stereocenters. The number of hydrogen-bond donors (Lipinski definition) is 2. The Hall–Kier alpha value is -0.820. The first-order chi connectivity index (χ1) is 9.08. The molecule has 4 nitrogen and oxygen atoms in total. The number of hydrogen-bond acceptors (Lipinski definition) is 3. The predicted molar refractivity (Wildman–Crippen MR) is 91.1 cm³/mol. The number of amides is 1. The fraction of sp³-hybridized carbons (Fsp3) is 0.533. The highest BCUT2D eigenvalue weighted by molar-refractivity contribution is 14.1. The van der Waals surface area contributed by atoms with Crippen molar-refractivity contribution in [2.75, 3.05) is 5.32 Å². The molecule has 0 aromatic heterocycles. The molecule has 20 heavy (non-hydrogen) atoms. The third-order valence-corrected chi connectivity index (χ3v) is 4.76. The van der Waals surface area contributed by atoms with Crippen LogP contribution in [0.2, 0.25) is 0 Å². The molecule has 0 fully saturated rings. The number of nitrogens with one attached hydrogen (secondary N) is 1. The Kier molecular flexibility index (Phi) is 5.43. The van der Waals surface area contributed by atoms with Gasteiger partial charge in [-0.1, -0.05) is 0 Å². The largest absolute Gasteiger partial charge is 0.444 e. The normalized spacial score (nSPS) is 11.4. The van der Waals surface area contributed by atoms with Crippen LogP contribution in [0.3, 0.4) is 0 Å². The first-order valence-corrected chi connectivity index (χ1v) is 7.64. The van der Waals surface area contributed by atoms with Crippen molar-refractivity contribution in [3.05, 3.63) is 25.8 Å². The Morgan fingerprint density at radius 3 is 2.20 bits per heavy atom. The summed E-state index contributed by atoms with van der Waals surface area (Å²) in [5.41, 5.74) is 10.4. The zero-order valence-electron chi connectivity index (χ0n) is 13.0. The average Bonchev–Trinajstić information content (AvgIpc) is 2.31. The smallest absolute Gasteiger partial charge is 0.412 e. The van der Waals surface area contributed by atoms with Crippen molar-refractivity contribution < 1.29 is 9.53 Å². The summed E-state index contributed by atoms with van der Waals surface area (Å²) < 4.78 is 6.44. The lowest BCUT2D eigenvalue weighted by Gasteiger charge is -2.23. The first-order valence-electron chi connectivity index (χ1n) is 6.56. The fourth-order valence-corrected chi connectivity index (χ4v) is 2.73. The van der Waals surface area contributed by atoms with Crippen LogP contribution in [0.25, 0.3) is 0 Å². The Morgan fingerprint density at radius 1 is 1.20 bits per heavy atom. The molecule has 1 rings (SSSR count). The van der Waals surface area contributed by atoms with Gasteiger partial charge in [-0.2, -0.15) is 0 Å². The van der Waals surface area contributed by atoms with E-state index in [0.717, 1.165) is 25.9 Å². The third kappa shape index (κ3) is 3.85. The zero-order chi connectivity index (χ0) is 15.7. The minimum Gasteiger partial charge on any atom is -0.444 e. The molecule has 0 bridgehead atoms. The van der Waals surface area contributed by atoms with E-state index in [0.29, 0.717) is 6.54 Å². The molecule has 0 saturated heterocycles. The van der Waals surface area contributed by atoms with Gasteiger partial charge in [0.2, 0.25) is 0 Å². The second-order valence-electron chi connectivity index (χ2n) is 5.87. The number of benzene rings is 1. The third-order valence-electron chi connectivity index (χ3n) is 3.14. The molecule has 0 atom stereocenters. The molecule has 1 aromatic carbocycles. The number of nitrogens with two attached hydrogens (primary N) is 1. The SMILES string of the molecule is Cc1c(I)c(C)c(NC(=O)OC(C)(C)C)c(C)c1CN. The van der Waals surface area contributed by atoms with Gasteiger partial charge in [-0.3, -0.25) is 5.32 Å². The minimum absolute atomic E-state index is 0.439. The van der Waals surface area contributed by atoms with Crippen molar-refractivity contribution >= 4 is 34.4 Å². The molecule has 0 heterocycles. The molecule has 0 aliphatic rings. The molecule has 3 N–H and O–H groups in total. The van der Waals surface area contributed by atoms with Crippen molar-refractivity contribution in [1.82, 2.24) is 0 Å². The van der Waals surface area contributed by atoms with Crippen LogP contribution in [-0.2, 0) is 11.3 Å². The summed E-state index contributed by atoms with van der Waals surface area (Å²) in [5.74, 6) is 0. The maximum Gasteiger partial charge on any atom is 0.412 e. The fourth-order valence-electron chi connectivity index (χ4n) is 2.14. The van der Waals surface area contributed by atoms with Crippen LogP contribution in [0.4, 0.5) is 10.5 Å². The van der Waals surface area contributed by atoms with Crippen molar-refractivity contribution in [2.45, 2.75) is 53.7 Å². The second-order valence-corrected chi connectivity index (χ2v) is 6.95. The van der Waals surface area contributed by atoms with Crippen LogP contribution in [-0.4, -0.2) is 11.7 Å². The Morgan fingerprint density at radius 2 is 1.75 bits per heavy atom. The maximum absolute atomic E-state index is 12.0. The second kappa shape index (κ2) is 6.30. The predicted octanol–water partition coefficient (Wildman–Crippen LogP) is 4.02. The number of carbonyl (C=O) groups excluding carboxylic acids is 1. The van der Waals surface area contributed by atoms with Crippen LogP contribution in [0.15, 0.2) is 0 Å². The van der Waals surface area contributed by atoms with E-state index >= 15 is 0 Å². The van der Waals surface area contributed by atoms with Gasteiger partial charge in [0.05, 0.1) is 5.69 Å². The van der Waals surface area contributed by atoms with Crippen molar-refractivity contribution in [2.24, 2.45) is 5.73 Å². The molecular weight excluding hydrogens is 367 g/mol. The lowest BCUT2D eigenvalue weighted by Crippen LogP contribution is -2.28. The number of ether oxygens (including phenoxy) is 1. The summed E-state index contributed by atoms with van der Waals surface area (Å²) in [6, 6.07) is 0. The van der Waals surface area contributed by atoms with E-state index in [9.17, 15) is 4.79 Å². The van der Waals surface area contributed by atoms with Gasteiger partial charge in [-0.15, -0.1) is 0 Å². The monoisotopic (exact) mass is 390 g/mol. The number of halogens is 1. The van der Waals surface area contributed by atoms with Crippen molar-refractivity contribution in [3.63, 3.8) is 0 Å². The number of carbonyl (C=O) groups is 1. The first kappa shape index (κ1) is 17.2. The van der Waals surface area contributed by atoms with Gasteiger partial charge in [0.25, 0.3) is 0 Å². The zero-order valence-corrected chi connectivity index (χ0v) is 15.1. The van der Waals surface area contributed by atoms with Gasteiger partial charge in [-0.05, 0) is 86.4 Å². The number of rotatable bonds is 2. The summed E-state index contributed by atoms with van der Waals surface area (Å²) in [6.07, 6.45) is -0.439. The molecule has 1 aromatic rings. The van der Waals surface area contributed by atoms with Gasteiger partial charge >= 0.3 is 6.09 Å². The topological polar surface area (TPSA) is 64.3 Å². The molecule has 0 aliphatic carbocycles. The van der Waals surface area contributed by atoms with Crippen LogP contribution in [0, 0.1) is 24.3 Å². The summed E-state index contributed by atoms with van der Waals surface area (Å²) in [5, 5.41) is 2.86. The summed E-state index contributed by atoms with van der Waals surface area (Å²) in [4.78, 5) is 12.0. The highest BCUT2D eigenvalue weighted by atomic mass is 127. The van der Waals surface area contributed by atoms with Crippen LogP contribution >= 0.6 is 22.6 Å². The molecule has 0 aliphatic heterocycles. The van der Waals surface area contributed by atoms with E-state index in [1.165, 1.54) is 5.56 Å². The Bertz CT molecular complexity index is 534. The average molecular weight is 390 g/mol. The lowest BCUT2D eigenvalue weighted by molar-refractivity contribution is 0.0635. The Balaban J connectivity index is 3.19. The molecule has 5 heteroatoms. The summed E-state index contributed by atoms with van der Waals surface area (Å²) >= 11 is 2.29. The highest BCUT2D eigenvalue weighted by Crippen LogP contribution is 2.32. The van der Waals surface area contributed by atoms with E-state index in [1.54, 1.807) is 0 Å². The molecule has 0 spiro atoms. The van der Waals surface area contributed by atoms with Gasteiger partial charge in [0.1, 0.15) is 5.60 Å². The van der Waals surface area contributed by atoms with Gasteiger partial charge in [0, 0.05) is 10.1 Å². The standard InChI is InChI=1S/C15H23IN2O2/c1-8-11(7-17)9(2)13(10(3)12(8)16)18-14(19)20-15(4,5)6/h7,17H2,1-6H3,(H,18,19). The van der Waals surface area contributed by atoms with E-state index in [4.69, 9.17) is 10.5 Å². The van der Waals surface area contributed by atoms with Gasteiger partial charge in [0.15, 0.2) is 0 Å². The van der Waals surface area contributed by atoms with Crippen LogP contribution < -0.4 is 11.1 Å². The van der Waals surface area contributed by atoms with Gasteiger partial charge < -0.3 is 10.5 Å². The summed E-state index contributed by atoms with van der Waals surface area (Å²) in [7, 11) is 0. The quantitative estimate of drug-likeness (QED) is 0.750. The molecular formula is C15H23IN2O2. The van der Waals surface area contributed by atoms with E-state index in [2.05, 4.69) is 34.8 Å². The Labute approximate surface area is 134 Å². The van der Waals surface area contributed by atoms with E-state index < -0.39 is 11.7 Å². The van der Waals surface area contributed by atoms with E-state index in [1.807, 2.05) is 34.6 Å². The maximum atomic E-state index is 12.0.